The van der Waals surface area contributed by atoms with Crippen LogP contribution in [-0.2, 0) is 4.79 Å². The van der Waals surface area contributed by atoms with E-state index < -0.39 is 4.92 Å². The lowest BCUT2D eigenvalue weighted by Crippen LogP contribution is -2.57. The average molecular weight is 374 g/mol. The molecule has 0 bridgehead atoms. The maximum absolute atomic E-state index is 12.7. The molecule has 1 heterocycles. The third kappa shape index (κ3) is 4.27. The highest BCUT2D eigenvalue weighted by molar-refractivity contribution is 5.94. The van der Waals surface area contributed by atoms with Crippen LogP contribution in [0.1, 0.15) is 36.0 Å². The Labute approximate surface area is 158 Å². The molecule has 1 aliphatic heterocycles. The van der Waals surface area contributed by atoms with Crippen molar-refractivity contribution < 1.29 is 14.5 Å². The predicted molar refractivity (Wildman–Crippen MR) is 100 cm³/mol. The number of nitro benzene ring substituents is 1. The molecule has 1 saturated heterocycles. The smallest absolute Gasteiger partial charge is 0.269 e. The molecule has 0 aromatic heterocycles. The van der Waals surface area contributed by atoms with Crippen molar-refractivity contribution in [2.75, 3.05) is 33.2 Å². The van der Waals surface area contributed by atoms with Gasteiger partial charge in [-0.15, -0.1) is 0 Å². The molecule has 1 N–H and O–H groups in total. The van der Waals surface area contributed by atoms with E-state index in [9.17, 15) is 19.7 Å². The van der Waals surface area contributed by atoms with Gasteiger partial charge in [-0.1, -0.05) is 12.8 Å². The van der Waals surface area contributed by atoms with Crippen LogP contribution in [-0.4, -0.2) is 65.8 Å². The van der Waals surface area contributed by atoms with Gasteiger partial charge in [-0.05, 0) is 30.9 Å². The number of likely N-dealkylation sites (N-methyl/N-ethyl adjacent to an activating group) is 1. The van der Waals surface area contributed by atoms with Crippen molar-refractivity contribution in [2.24, 2.45) is 5.92 Å². The van der Waals surface area contributed by atoms with Crippen molar-refractivity contribution in [1.82, 2.24) is 15.1 Å². The van der Waals surface area contributed by atoms with Gasteiger partial charge >= 0.3 is 0 Å². The Bertz CT molecular complexity index is 692. The third-order valence-corrected chi connectivity index (χ3v) is 5.68. The summed E-state index contributed by atoms with van der Waals surface area (Å²) in [4.78, 5) is 39.3. The molecule has 3 rings (SSSR count). The van der Waals surface area contributed by atoms with Gasteiger partial charge < -0.3 is 10.2 Å². The van der Waals surface area contributed by atoms with Gasteiger partial charge in [-0.25, -0.2) is 0 Å². The van der Waals surface area contributed by atoms with E-state index in [-0.39, 0.29) is 23.5 Å². The normalized spacial score (nSPS) is 19.7. The van der Waals surface area contributed by atoms with E-state index in [1.807, 2.05) is 0 Å². The molecule has 1 aromatic rings. The van der Waals surface area contributed by atoms with Crippen LogP contribution in [0.2, 0.25) is 0 Å². The van der Waals surface area contributed by atoms with Gasteiger partial charge in [-0.3, -0.25) is 24.6 Å². The third-order valence-electron chi connectivity index (χ3n) is 5.68. The first kappa shape index (κ1) is 19.3. The van der Waals surface area contributed by atoms with Crippen LogP contribution in [0.15, 0.2) is 24.3 Å². The summed E-state index contributed by atoms with van der Waals surface area (Å²) in [6.07, 6.45) is 4.52. The molecule has 0 radical (unpaired) electrons. The maximum atomic E-state index is 12.7. The van der Waals surface area contributed by atoms with Crippen molar-refractivity contribution in [2.45, 2.75) is 31.7 Å². The van der Waals surface area contributed by atoms with E-state index >= 15 is 0 Å². The highest BCUT2D eigenvalue weighted by atomic mass is 16.6. The second-order valence-corrected chi connectivity index (χ2v) is 7.24. The molecule has 1 saturated carbocycles. The lowest BCUT2D eigenvalue weighted by Gasteiger charge is -2.40. The van der Waals surface area contributed by atoms with E-state index in [0.29, 0.717) is 37.7 Å². The maximum Gasteiger partial charge on any atom is 0.269 e. The number of non-ortho nitro benzene ring substituents is 1. The van der Waals surface area contributed by atoms with Crippen LogP contribution >= 0.6 is 0 Å². The second-order valence-electron chi connectivity index (χ2n) is 7.24. The topological polar surface area (TPSA) is 95.8 Å². The van der Waals surface area contributed by atoms with E-state index in [0.717, 1.165) is 12.8 Å². The van der Waals surface area contributed by atoms with Gasteiger partial charge in [0.15, 0.2) is 0 Å². The molecular weight excluding hydrogens is 348 g/mol. The van der Waals surface area contributed by atoms with Crippen LogP contribution in [0, 0.1) is 16.0 Å². The molecule has 27 heavy (non-hydrogen) atoms. The monoisotopic (exact) mass is 374 g/mol. The summed E-state index contributed by atoms with van der Waals surface area (Å²) in [6, 6.07) is 5.59. The Kier molecular flexibility index (Phi) is 6.05. The molecule has 2 aliphatic rings. The highest BCUT2D eigenvalue weighted by Gasteiger charge is 2.36. The minimum atomic E-state index is -0.477. The van der Waals surface area contributed by atoms with Crippen LogP contribution in [0.25, 0.3) is 0 Å². The highest BCUT2D eigenvalue weighted by Crippen LogP contribution is 2.31. The molecule has 1 aromatic carbocycles. The fraction of sp³-hybridized carbons (Fsp3) is 0.579. The van der Waals surface area contributed by atoms with Crippen LogP contribution < -0.4 is 5.32 Å². The standard InChI is InChI=1S/C19H26N4O4/c1-20-18(24)17(14-4-2-3-5-14)21-10-12-22(13-11-21)19(25)15-6-8-16(9-7-15)23(26)27/h6-9,14,17H,2-5,10-13H2,1H3,(H,20,24). The van der Waals surface area contributed by atoms with Gasteiger partial charge in [-0.2, -0.15) is 0 Å². The molecule has 0 spiro atoms. The van der Waals surface area contributed by atoms with E-state index in [2.05, 4.69) is 10.2 Å². The van der Waals surface area contributed by atoms with Crippen molar-refractivity contribution in [3.63, 3.8) is 0 Å². The number of carbonyl (C=O) groups is 2. The first-order valence-electron chi connectivity index (χ1n) is 9.50. The molecule has 8 heteroatoms. The van der Waals surface area contributed by atoms with Crippen molar-refractivity contribution in [3.8, 4) is 0 Å². The number of nitrogens with zero attached hydrogens (tertiary/aromatic N) is 3. The minimum Gasteiger partial charge on any atom is -0.358 e. The number of nitrogens with one attached hydrogen (secondary N) is 1. The molecule has 8 nitrogen and oxygen atoms in total. The number of piperazine rings is 1. The van der Waals surface area contributed by atoms with E-state index in [4.69, 9.17) is 0 Å². The van der Waals surface area contributed by atoms with Gasteiger partial charge in [0.05, 0.1) is 11.0 Å². The first-order chi connectivity index (χ1) is 13.0. The zero-order chi connectivity index (χ0) is 19.4. The molecule has 1 unspecified atom stereocenters. The molecular formula is C19H26N4O4. The Morgan fingerprint density at radius 1 is 1.11 bits per heavy atom. The zero-order valence-electron chi connectivity index (χ0n) is 15.6. The van der Waals surface area contributed by atoms with Crippen LogP contribution in [0.4, 0.5) is 5.69 Å². The quantitative estimate of drug-likeness (QED) is 0.625. The summed E-state index contributed by atoms with van der Waals surface area (Å²) in [5.74, 6) is 0.334. The Hall–Kier alpha value is -2.48. The average Bonchev–Trinajstić information content (AvgIpc) is 3.22. The molecule has 1 aliphatic carbocycles. The van der Waals surface area contributed by atoms with Gasteiger partial charge in [0.25, 0.3) is 11.6 Å². The van der Waals surface area contributed by atoms with E-state index in [1.165, 1.54) is 37.1 Å². The Morgan fingerprint density at radius 3 is 2.22 bits per heavy atom. The first-order valence-corrected chi connectivity index (χ1v) is 9.50. The Morgan fingerprint density at radius 2 is 1.70 bits per heavy atom. The molecule has 1 atom stereocenters. The Balaban J connectivity index is 1.62. The summed E-state index contributed by atoms with van der Waals surface area (Å²) in [7, 11) is 1.68. The predicted octanol–water partition coefficient (Wildman–Crippen LogP) is 1.66. The molecule has 146 valence electrons. The SMILES string of the molecule is CNC(=O)C(C1CCCC1)N1CCN(C(=O)c2ccc([N+](=O)[O-])cc2)CC1. The van der Waals surface area contributed by atoms with Crippen molar-refractivity contribution in [1.29, 1.82) is 0 Å². The van der Waals surface area contributed by atoms with Crippen LogP contribution in [0.3, 0.4) is 0 Å². The van der Waals surface area contributed by atoms with Gasteiger partial charge in [0, 0.05) is 50.9 Å². The lowest BCUT2D eigenvalue weighted by atomic mass is 9.95. The van der Waals surface area contributed by atoms with Crippen molar-refractivity contribution >= 4 is 17.5 Å². The summed E-state index contributed by atoms with van der Waals surface area (Å²) in [5.41, 5.74) is 0.425. The number of hydrogen-bond acceptors (Lipinski definition) is 5. The summed E-state index contributed by atoms with van der Waals surface area (Å²) >= 11 is 0. The fourth-order valence-corrected chi connectivity index (χ4v) is 4.21. The summed E-state index contributed by atoms with van der Waals surface area (Å²) in [5, 5.41) is 13.5. The second kappa shape index (κ2) is 8.47. The number of rotatable bonds is 5. The largest absolute Gasteiger partial charge is 0.358 e. The van der Waals surface area contributed by atoms with E-state index in [1.54, 1.807) is 11.9 Å². The van der Waals surface area contributed by atoms with Crippen LogP contribution in [0.5, 0.6) is 0 Å². The fourth-order valence-electron chi connectivity index (χ4n) is 4.21. The number of benzene rings is 1. The summed E-state index contributed by atoms with van der Waals surface area (Å²) in [6.45, 7) is 2.42. The van der Waals surface area contributed by atoms with Gasteiger partial charge in [0.2, 0.25) is 5.91 Å². The number of hydrogen-bond donors (Lipinski definition) is 1. The lowest BCUT2D eigenvalue weighted by molar-refractivity contribution is -0.384. The molecule has 2 amide bonds. The minimum absolute atomic E-state index is 0.0265. The number of amides is 2. The van der Waals surface area contributed by atoms with Gasteiger partial charge in [0.1, 0.15) is 0 Å². The number of carbonyl (C=O) groups excluding carboxylic acids is 2. The zero-order valence-corrected chi connectivity index (χ0v) is 15.6. The molecule has 2 fully saturated rings. The summed E-state index contributed by atoms with van der Waals surface area (Å²) < 4.78 is 0. The number of nitro groups is 1. The van der Waals surface area contributed by atoms with Crippen molar-refractivity contribution in [3.05, 3.63) is 39.9 Å².